The predicted molar refractivity (Wildman–Crippen MR) is 73.5 cm³/mol. The number of methoxy groups -OCH3 is 1. The van der Waals surface area contributed by atoms with Crippen LogP contribution in [0.4, 0.5) is 0 Å². The van der Waals surface area contributed by atoms with E-state index in [4.69, 9.17) is 4.74 Å². The highest BCUT2D eigenvalue weighted by molar-refractivity contribution is 5.95. The SMILES string of the molecule is CO[C@H]1C(=O)N(CC#CC#Cc2ccccc2)[C@H]1C=O. The number of carbonyl (C=O) groups excluding carboxylic acids is 2. The number of ether oxygens (including phenoxy) is 1. The number of likely N-dealkylation sites (tertiary alicyclic amines) is 1. The Morgan fingerprint density at radius 1 is 1.30 bits per heavy atom. The van der Waals surface area contributed by atoms with Gasteiger partial charge in [-0.2, -0.15) is 0 Å². The average molecular weight is 267 g/mol. The summed E-state index contributed by atoms with van der Waals surface area (Å²) in [4.78, 5) is 23.8. The molecule has 20 heavy (non-hydrogen) atoms. The standard InChI is InChI=1S/C16H13NO3/c1-20-15-14(12-18)17(16(15)19)11-7-3-6-10-13-8-4-2-5-9-13/h2,4-5,8-9,12,14-15H,11H2,1H3/t14-,15+/m0/s1. The molecule has 0 aliphatic carbocycles. The summed E-state index contributed by atoms with van der Waals surface area (Å²) in [6.45, 7) is 0.186. The molecule has 0 unspecified atom stereocenters. The van der Waals surface area contributed by atoms with Gasteiger partial charge in [0.1, 0.15) is 12.3 Å². The van der Waals surface area contributed by atoms with Gasteiger partial charge in [-0.15, -0.1) is 0 Å². The van der Waals surface area contributed by atoms with Crippen molar-refractivity contribution in [1.82, 2.24) is 4.90 Å². The monoisotopic (exact) mass is 267 g/mol. The molecule has 4 heteroatoms. The highest BCUT2D eigenvalue weighted by Gasteiger charge is 2.47. The molecule has 0 N–H and O–H groups in total. The van der Waals surface area contributed by atoms with E-state index in [0.717, 1.165) is 5.56 Å². The van der Waals surface area contributed by atoms with Crippen LogP contribution in [-0.4, -0.2) is 42.9 Å². The van der Waals surface area contributed by atoms with Crippen molar-refractivity contribution in [2.45, 2.75) is 12.1 Å². The summed E-state index contributed by atoms with van der Waals surface area (Å²) in [5.74, 6) is 10.8. The van der Waals surface area contributed by atoms with Crippen LogP contribution in [0, 0.1) is 23.7 Å². The Morgan fingerprint density at radius 3 is 2.70 bits per heavy atom. The van der Waals surface area contributed by atoms with Gasteiger partial charge in [0.05, 0.1) is 6.54 Å². The Labute approximate surface area is 117 Å². The van der Waals surface area contributed by atoms with Crippen molar-refractivity contribution in [2.24, 2.45) is 0 Å². The fourth-order valence-electron chi connectivity index (χ4n) is 1.90. The van der Waals surface area contributed by atoms with Crippen LogP contribution < -0.4 is 0 Å². The molecule has 2 atom stereocenters. The normalized spacial score (nSPS) is 20.1. The molecule has 0 bridgehead atoms. The number of carbonyl (C=O) groups is 2. The fraction of sp³-hybridized carbons (Fsp3) is 0.250. The minimum atomic E-state index is -0.662. The number of hydrogen-bond donors (Lipinski definition) is 0. The molecule has 1 aromatic rings. The predicted octanol–water partition coefficient (Wildman–Crippen LogP) is 0.466. The van der Waals surface area contributed by atoms with E-state index >= 15 is 0 Å². The maximum atomic E-state index is 11.6. The zero-order valence-corrected chi connectivity index (χ0v) is 11.0. The largest absolute Gasteiger partial charge is 0.369 e. The number of rotatable bonds is 3. The van der Waals surface area contributed by atoms with Crippen molar-refractivity contribution in [1.29, 1.82) is 0 Å². The van der Waals surface area contributed by atoms with Crippen molar-refractivity contribution >= 4 is 12.2 Å². The molecule has 1 fully saturated rings. The third kappa shape index (κ3) is 2.88. The summed E-state index contributed by atoms with van der Waals surface area (Å²) < 4.78 is 4.92. The second-order valence-electron chi connectivity index (χ2n) is 4.17. The maximum Gasteiger partial charge on any atom is 0.255 e. The first kappa shape index (κ1) is 13.9. The minimum Gasteiger partial charge on any atom is -0.369 e. The first-order chi connectivity index (χ1) is 9.77. The summed E-state index contributed by atoms with van der Waals surface area (Å²) in [6.07, 6.45) is 0.0390. The first-order valence-electron chi connectivity index (χ1n) is 6.10. The van der Waals surface area contributed by atoms with Crippen molar-refractivity contribution in [3.63, 3.8) is 0 Å². The van der Waals surface area contributed by atoms with Gasteiger partial charge in [0, 0.05) is 12.7 Å². The zero-order valence-electron chi connectivity index (χ0n) is 11.0. The van der Waals surface area contributed by atoms with Gasteiger partial charge >= 0.3 is 0 Å². The van der Waals surface area contributed by atoms with Gasteiger partial charge in [-0.05, 0) is 24.0 Å². The maximum absolute atomic E-state index is 11.6. The molecule has 1 heterocycles. The van der Waals surface area contributed by atoms with Crippen LogP contribution in [0.2, 0.25) is 0 Å². The van der Waals surface area contributed by atoms with Crippen LogP contribution in [0.15, 0.2) is 30.3 Å². The number of aldehydes is 1. The van der Waals surface area contributed by atoms with E-state index in [1.54, 1.807) is 0 Å². The number of benzene rings is 1. The van der Waals surface area contributed by atoms with Gasteiger partial charge in [0.2, 0.25) is 0 Å². The Morgan fingerprint density at radius 2 is 2.05 bits per heavy atom. The molecular formula is C16H13NO3. The molecule has 1 aromatic carbocycles. The highest BCUT2D eigenvalue weighted by atomic mass is 16.5. The van der Waals surface area contributed by atoms with Crippen molar-refractivity contribution in [3.8, 4) is 23.7 Å². The number of β-lactam (4-membered cyclic amide) rings is 1. The molecule has 0 saturated carbocycles. The molecule has 2 rings (SSSR count). The summed E-state index contributed by atoms with van der Waals surface area (Å²) in [5, 5.41) is 0. The Balaban J connectivity index is 1.91. The van der Waals surface area contributed by atoms with Gasteiger partial charge in [-0.1, -0.05) is 30.0 Å². The van der Waals surface area contributed by atoms with E-state index < -0.39 is 12.1 Å². The second kappa shape index (κ2) is 6.56. The highest BCUT2D eigenvalue weighted by Crippen LogP contribution is 2.19. The second-order valence-corrected chi connectivity index (χ2v) is 4.17. The summed E-state index contributed by atoms with van der Waals surface area (Å²) in [6, 6.07) is 8.95. The van der Waals surface area contributed by atoms with Crippen LogP contribution in [0.3, 0.4) is 0 Å². The van der Waals surface area contributed by atoms with Gasteiger partial charge < -0.3 is 14.4 Å². The fourth-order valence-corrected chi connectivity index (χ4v) is 1.90. The molecule has 1 saturated heterocycles. The topological polar surface area (TPSA) is 46.6 Å². The Kier molecular flexibility index (Phi) is 4.55. The zero-order chi connectivity index (χ0) is 14.4. The van der Waals surface area contributed by atoms with E-state index in [-0.39, 0.29) is 12.5 Å². The quantitative estimate of drug-likeness (QED) is 0.454. The van der Waals surface area contributed by atoms with Gasteiger partial charge in [0.15, 0.2) is 6.10 Å². The molecule has 1 amide bonds. The number of nitrogens with zero attached hydrogens (tertiary/aromatic N) is 1. The average Bonchev–Trinajstić information content (AvgIpc) is 2.49. The summed E-state index contributed by atoms with van der Waals surface area (Å²) in [5.41, 5.74) is 0.882. The Hall–Kier alpha value is -2.56. The lowest BCUT2D eigenvalue weighted by atomic mass is 9.99. The third-order valence-corrected chi connectivity index (χ3v) is 2.97. The summed E-state index contributed by atoms with van der Waals surface area (Å²) >= 11 is 0. The molecule has 100 valence electrons. The first-order valence-corrected chi connectivity index (χ1v) is 6.10. The van der Waals surface area contributed by atoms with Crippen molar-refractivity contribution < 1.29 is 14.3 Å². The van der Waals surface area contributed by atoms with Crippen LogP contribution >= 0.6 is 0 Å². The van der Waals surface area contributed by atoms with Crippen LogP contribution in [0.25, 0.3) is 0 Å². The third-order valence-electron chi connectivity index (χ3n) is 2.97. The van der Waals surface area contributed by atoms with Crippen LogP contribution in [0.1, 0.15) is 5.56 Å². The van der Waals surface area contributed by atoms with Crippen LogP contribution in [-0.2, 0) is 14.3 Å². The molecule has 0 spiro atoms. The lowest BCUT2D eigenvalue weighted by molar-refractivity contribution is -0.169. The minimum absolute atomic E-state index is 0.186. The molecule has 4 nitrogen and oxygen atoms in total. The van der Waals surface area contributed by atoms with Crippen LogP contribution in [0.5, 0.6) is 0 Å². The molecule has 0 radical (unpaired) electrons. The molecule has 0 aromatic heterocycles. The van der Waals surface area contributed by atoms with Gasteiger partial charge in [-0.25, -0.2) is 0 Å². The van der Waals surface area contributed by atoms with Gasteiger partial charge in [-0.3, -0.25) is 4.79 Å². The number of amides is 1. The lowest BCUT2D eigenvalue weighted by Crippen LogP contribution is -2.66. The smallest absolute Gasteiger partial charge is 0.255 e. The van der Waals surface area contributed by atoms with E-state index in [1.807, 2.05) is 30.3 Å². The van der Waals surface area contributed by atoms with E-state index in [2.05, 4.69) is 23.7 Å². The van der Waals surface area contributed by atoms with E-state index in [1.165, 1.54) is 12.0 Å². The lowest BCUT2D eigenvalue weighted by Gasteiger charge is -2.41. The van der Waals surface area contributed by atoms with E-state index in [9.17, 15) is 9.59 Å². The van der Waals surface area contributed by atoms with Gasteiger partial charge in [0.25, 0.3) is 5.91 Å². The summed E-state index contributed by atoms with van der Waals surface area (Å²) in [7, 11) is 1.41. The van der Waals surface area contributed by atoms with Crippen molar-refractivity contribution in [2.75, 3.05) is 13.7 Å². The van der Waals surface area contributed by atoms with Crippen molar-refractivity contribution in [3.05, 3.63) is 35.9 Å². The van der Waals surface area contributed by atoms with E-state index in [0.29, 0.717) is 6.29 Å². The molecule has 1 aliphatic rings. The Bertz CT molecular complexity index is 616. The molecular weight excluding hydrogens is 254 g/mol. The number of hydrogen-bond acceptors (Lipinski definition) is 3. The molecule has 1 aliphatic heterocycles.